The summed E-state index contributed by atoms with van der Waals surface area (Å²) >= 11 is 7.98. The molecule has 0 atom stereocenters. The molecule has 1 heterocycles. The minimum absolute atomic E-state index is 0.117. The molecule has 0 spiro atoms. The summed E-state index contributed by atoms with van der Waals surface area (Å²) in [6.07, 6.45) is 0.750. The third-order valence-corrected chi connectivity index (χ3v) is 7.43. The molecule has 6 heteroatoms. The molecule has 0 saturated heterocycles. The Morgan fingerprint density at radius 2 is 1.60 bits per heavy atom. The van der Waals surface area contributed by atoms with Gasteiger partial charge in [0.1, 0.15) is 0 Å². The normalized spacial score (nSPS) is 12.5. The number of fused-ring (bicyclic) bond motifs is 2. The van der Waals surface area contributed by atoms with Gasteiger partial charge in [-0.15, -0.1) is 0 Å². The number of hydrogen-bond acceptors (Lipinski definition) is 3. The standard InChI is InChI=1S/C29H23ClN2O2S/c30-24-12-6-4-10-22(24)19-32-25-18-21(28(33)31-17-16-20-8-2-1-3-9-20)14-15-27(25)35-26-13-7-5-11-23(26)29(32)34/h1-15,18H,16-17,19H2,(H,31,33). The van der Waals surface area contributed by atoms with Crippen molar-refractivity contribution in [2.45, 2.75) is 22.8 Å². The molecule has 1 aliphatic heterocycles. The number of amides is 2. The van der Waals surface area contributed by atoms with Crippen molar-refractivity contribution in [3.63, 3.8) is 0 Å². The molecule has 0 fully saturated rings. The number of carbonyl (C=O) groups is 2. The fraction of sp³-hybridized carbons (Fsp3) is 0.103. The molecule has 0 bridgehead atoms. The minimum atomic E-state index is -0.166. The average molecular weight is 499 g/mol. The molecule has 5 rings (SSSR count). The monoisotopic (exact) mass is 498 g/mol. The highest BCUT2D eigenvalue weighted by molar-refractivity contribution is 7.99. The Balaban J connectivity index is 1.46. The summed E-state index contributed by atoms with van der Waals surface area (Å²) in [6.45, 7) is 0.835. The molecule has 1 N–H and O–H groups in total. The van der Waals surface area contributed by atoms with E-state index in [1.54, 1.807) is 11.0 Å². The van der Waals surface area contributed by atoms with Gasteiger partial charge in [-0.3, -0.25) is 9.59 Å². The van der Waals surface area contributed by atoms with Crippen LogP contribution in [0.1, 0.15) is 31.8 Å². The van der Waals surface area contributed by atoms with Gasteiger partial charge >= 0.3 is 0 Å². The summed E-state index contributed by atoms with van der Waals surface area (Å²) in [5, 5.41) is 3.60. The summed E-state index contributed by atoms with van der Waals surface area (Å²) in [5.74, 6) is -0.283. The third kappa shape index (κ3) is 5.11. The number of nitrogens with one attached hydrogen (secondary N) is 1. The largest absolute Gasteiger partial charge is 0.352 e. The van der Waals surface area contributed by atoms with Crippen LogP contribution in [0.15, 0.2) is 107 Å². The molecule has 0 aromatic heterocycles. The molecule has 0 radical (unpaired) electrons. The van der Waals surface area contributed by atoms with Crippen LogP contribution in [0.3, 0.4) is 0 Å². The quantitative estimate of drug-likeness (QED) is 0.325. The molecule has 0 aliphatic carbocycles. The zero-order valence-electron chi connectivity index (χ0n) is 18.9. The third-order valence-electron chi connectivity index (χ3n) is 5.92. The fourth-order valence-corrected chi connectivity index (χ4v) is 5.34. The molecule has 174 valence electrons. The van der Waals surface area contributed by atoms with Crippen molar-refractivity contribution in [3.8, 4) is 0 Å². The lowest BCUT2D eigenvalue weighted by Gasteiger charge is -2.24. The van der Waals surface area contributed by atoms with E-state index in [4.69, 9.17) is 11.6 Å². The van der Waals surface area contributed by atoms with Crippen molar-refractivity contribution in [2.24, 2.45) is 0 Å². The first-order chi connectivity index (χ1) is 17.1. The van der Waals surface area contributed by atoms with Crippen LogP contribution in [0.2, 0.25) is 5.02 Å². The predicted octanol–water partition coefficient (Wildman–Crippen LogP) is 6.62. The minimum Gasteiger partial charge on any atom is -0.352 e. The first kappa shape index (κ1) is 23.2. The summed E-state index contributed by atoms with van der Waals surface area (Å²) in [4.78, 5) is 30.2. The van der Waals surface area contributed by atoms with Gasteiger partial charge in [0, 0.05) is 26.9 Å². The molecular formula is C29H23ClN2O2S. The average Bonchev–Trinajstić information content (AvgIpc) is 3.00. The Morgan fingerprint density at radius 1 is 0.857 bits per heavy atom. The van der Waals surface area contributed by atoms with Crippen molar-refractivity contribution in [3.05, 3.63) is 124 Å². The Morgan fingerprint density at radius 3 is 2.43 bits per heavy atom. The zero-order valence-corrected chi connectivity index (χ0v) is 20.5. The maximum atomic E-state index is 13.7. The summed E-state index contributed by atoms with van der Waals surface area (Å²) in [7, 11) is 0. The zero-order chi connectivity index (χ0) is 24.2. The lowest BCUT2D eigenvalue weighted by atomic mass is 10.1. The van der Waals surface area contributed by atoms with E-state index in [9.17, 15) is 9.59 Å². The second kappa shape index (κ2) is 10.4. The van der Waals surface area contributed by atoms with Crippen molar-refractivity contribution in [2.75, 3.05) is 11.4 Å². The number of rotatable bonds is 6. The highest BCUT2D eigenvalue weighted by Crippen LogP contribution is 2.42. The number of benzene rings is 4. The van der Waals surface area contributed by atoms with Crippen LogP contribution in [-0.2, 0) is 13.0 Å². The van der Waals surface area contributed by atoms with Crippen molar-refractivity contribution >= 4 is 40.9 Å². The van der Waals surface area contributed by atoms with Crippen LogP contribution in [-0.4, -0.2) is 18.4 Å². The van der Waals surface area contributed by atoms with Gasteiger partial charge in [0.25, 0.3) is 11.8 Å². The van der Waals surface area contributed by atoms with E-state index in [0.29, 0.717) is 34.9 Å². The molecular weight excluding hydrogens is 476 g/mol. The van der Waals surface area contributed by atoms with Crippen LogP contribution >= 0.6 is 23.4 Å². The van der Waals surface area contributed by atoms with Gasteiger partial charge in [-0.25, -0.2) is 0 Å². The molecule has 0 saturated carbocycles. The second-order valence-electron chi connectivity index (χ2n) is 8.25. The second-order valence-corrected chi connectivity index (χ2v) is 9.75. The van der Waals surface area contributed by atoms with E-state index in [-0.39, 0.29) is 11.8 Å². The van der Waals surface area contributed by atoms with Crippen molar-refractivity contribution < 1.29 is 9.59 Å². The van der Waals surface area contributed by atoms with E-state index in [1.807, 2.05) is 91.0 Å². The summed E-state index contributed by atoms with van der Waals surface area (Å²) in [5.41, 5.74) is 3.86. The first-order valence-corrected chi connectivity index (χ1v) is 12.6. The maximum absolute atomic E-state index is 13.7. The van der Waals surface area contributed by atoms with Crippen LogP contribution in [0.4, 0.5) is 5.69 Å². The molecule has 4 nitrogen and oxygen atoms in total. The molecule has 4 aromatic carbocycles. The van der Waals surface area contributed by atoms with Gasteiger partial charge in [0.2, 0.25) is 0 Å². The molecule has 0 unspecified atom stereocenters. The van der Waals surface area contributed by atoms with Gasteiger partial charge in [0.05, 0.1) is 17.8 Å². The first-order valence-electron chi connectivity index (χ1n) is 11.4. The molecule has 1 aliphatic rings. The van der Waals surface area contributed by atoms with Crippen LogP contribution in [0.5, 0.6) is 0 Å². The highest BCUT2D eigenvalue weighted by atomic mass is 35.5. The molecule has 2 amide bonds. The van der Waals surface area contributed by atoms with E-state index in [2.05, 4.69) is 5.32 Å². The fourth-order valence-electron chi connectivity index (χ4n) is 4.08. The van der Waals surface area contributed by atoms with Gasteiger partial charge in [0.15, 0.2) is 0 Å². The topological polar surface area (TPSA) is 49.4 Å². The number of halogens is 1. The predicted molar refractivity (Wildman–Crippen MR) is 141 cm³/mol. The molecule has 35 heavy (non-hydrogen) atoms. The molecule has 4 aromatic rings. The number of carbonyl (C=O) groups excluding carboxylic acids is 2. The van der Waals surface area contributed by atoms with Crippen LogP contribution < -0.4 is 10.2 Å². The van der Waals surface area contributed by atoms with E-state index < -0.39 is 0 Å². The SMILES string of the molecule is O=C(NCCc1ccccc1)c1ccc2c(c1)N(Cc1ccccc1Cl)C(=O)c1ccccc1S2. The lowest BCUT2D eigenvalue weighted by Crippen LogP contribution is -2.31. The van der Waals surface area contributed by atoms with Gasteiger partial charge in [-0.1, -0.05) is 84.0 Å². The Kier molecular flexibility index (Phi) is 6.89. The number of hydrogen-bond donors (Lipinski definition) is 1. The van der Waals surface area contributed by atoms with E-state index >= 15 is 0 Å². The van der Waals surface area contributed by atoms with Crippen LogP contribution in [0, 0.1) is 0 Å². The van der Waals surface area contributed by atoms with Crippen LogP contribution in [0.25, 0.3) is 0 Å². The van der Waals surface area contributed by atoms with Gasteiger partial charge in [-0.05, 0) is 53.9 Å². The number of anilines is 1. The maximum Gasteiger partial charge on any atom is 0.259 e. The summed E-state index contributed by atoms with van der Waals surface area (Å²) < 4.78 is 0. The smallest absolute Gasteiger partial charge is 0.259 e. The Labute approximate surface area is 213 Å². The van der Waals surface area contributed by atoms with E-state index in [0.717, 1.165) is 21.8 Å². The lowest BCUT2D eigenvalue weighted by molar-refractivity contribution is 0.0950. The Bertz CT molecular complexity index is 1390. The van der Waals surface area contributed by atoms with Crippen molar-refractivity contribution in [1.82, 2.24) is 5.32 Å². The Hall–Kier alpha value is -3.54. The highest BCUT2D eigenvalue weighted by Gasteiger charge is 2.28. The van der Waals surface area contributed by atoms with Gasteiger partial charge in [-0.2, -0.15) is 0 Å². The van der Waals surface area contributed by atoms with E-state index in [1.165, 1.54) is 17.3 Å². The van der Waals surface area contributed by atoms with Crippen molar-refractivity contribution in [1.29, 1.82) is 0 Å². The summed E-state index contributed by atoms with van der Waals surface area (Å²) in [6, 6.07) is 30.7. The van der Waals surface area contributed by atoms with Gasteiger partial charge < -0.3 is 10.2 Å². The number of nitrogens with zero attached hydrogens (tertiary/aromatic N) is 1.